The molecule has 0 bridgehead atoms. The highest BCUT2D eigenvalue weighted by Crippen LogP contribution is 2.17. The number of aryl methyl sites for hydroxylation is 1. The van der Waals surface area contributed by atoms with E-state index in [9.17, 15) is 0 Å². The number of aromatic nitrogens is 2. The highest BCUT2D eigenvalue weighted by atomic mass is 32.2. The first-order chi connectivity index (χ1) is 8.19. The minimum atomic E-state index is 0.587. The van der Waals surface area contributed by atoms with Gasteiger partial charge >= 0.3 is 0 Å². The van der Waals surface area contributed by atoms with Gasteiger partial charge in [0.05, 0.1) is 0 Å². The molecule has 5 heteroatoms. The molecule has 0 spiro atoms. The van der Waals surface area contributed by atoms with Crippen molar-refractivity contribution < 1.29 is 0 Å². The SMILES string of the molecule is CCc1nc(N)c(C)c(NCCCCSC)n1. The van der Waals surface area contributed by atoms with Gasteiger partial charge in [-0.3, -0.25) is 0 Å². The number of nitrogens with two attached hydrogens (primary N) is 1. The Morgan fingerprint density at radius 2 is 2.06 bits per heavy atom. The van der Waals surface area contributed by atoms with Gasteiger partial charge in [-0.2, -0.15) is 11.8 Å². The summed E-state index contributed by atoms with van der Waals surface area (Å²) in [4.78, 5) is 8.69. The summed E-state index contributed by atoms with van der Waals surface area (Å²) >= 11 is 1.89. The lowest BCUT2D eigenvalue weighted by Crippen LogP contribution is -2.10. The number of anilines is 2. The first-order valence-electron chi connectivity index (χ1n) is 6.04. The van der Waals surface area contributed by atoms with Crippen molar-refractivity contribution in [2.24, 2.45) is 0 Å². The maximum atomic E-state index is 5.85. The van der Waals surface area contributed by atoms with E-state index in [0.29, 0.717) is 5.82 Å². The van der Waals surface area contributed by atoms with Gasteiger partial charge in [-0.15, -0.1) is 0 Å². The molecule has 0 fully saturated rings. The van der Waals surface area contributed by atoms with Gasteiger partial charge in [0.2, 0.25) is 0 Å². The van der Waals surface area contributed by atoms with Crippen LogP contribution in [0.15, 0.2) is 0 Å². The van der Waals surface area contributed by atoms with E-state index in [4.69, 9.17) is 5.73 Å². The van der Waals surface area contributed by atoms with Gasteiger partial charge in [0.15, 0.2) is 0 Å². The van der Waals surface area contributed by atoms with Crippen LogP contribution < -0.4 is 11.1 Å². The molecule has 3 N–H and O–H groups in total. The number of nitrogens with zero attached hydrogens (tertiary/aromatic N) is 2. The molecule has 0 atom stereocenters. The fourth-order valence-electron chi connectivity index (χ4n) is 1.49. The summed E-state index contributed by atoms with van der Waals surface area (Å²) in [6.07, 6.45) is 5.34. The second-order valence-corrected chi connectivity index (χ2v) is 4.96. The monoisotopic (exact) mass is 254 g/mol. The zero-order valence-corrected chi connectivity index (χ0v) is 11.7. The summed E-state index contributed by atoms with van der Waals surface area (Å²) in [5, 5.41) is 3.35. The van der Waals surface area contributed by atoms with Gasteiger partial charge in [0.25, 0.3) is 0 Å². The number of nitrogen functional groups attached to an aromatic ring is 1. The third kappa shape index (κ3) is 4.42. The van der Waals surface area contributed by atoms with E-state index in [0.717, 1.165) is 36.6 Å². The van der Waals surface area contributed by atoms with Gasteiger partial charge in [-0.05, 0) is 31.8 Å². The number of nitrogens with one attached hydrogen (secondary N) is 1. The third-order valence-electron chi connectivity index (χ3n) is 2.61. The summed E-state index contributed by atoms with van der Waals surface area (Å²) < 4.78 is 0. The Kier molecular flexibility index (Phi) is 6.11. The van der Waals surface area contributed by atoms with Crippen LogP contribution in [0.1, 0.15) is 31.2 Å². The Morgan fingerprint density at radius 1 is 1.29 bits per heavy atom. The van der Waals surface area contributed by atoms with E-state index < -0.39 is 0 Å². The molecule has 4 nitrogen and oxygen atoms in total. The number of hydrogen-bond donors (Lipinski definition) is 2. The molecule has 0 aliphatic heterocycles. The quantitative estimate of drug-likeness (QED) is 0.732. The van der Waals surface area contributed by atoms with E-state index >= 15 is 0 Å². The van der Waals surface area contributed by atoms with Crippen molar-refractivity contribution in [1.82, 2.24) is 9.97 Å². The van der Waals surface area contributed by atoms with Gasteiger partial charge in [0.1, 0.15) is 17.5 Å². The van der Waals surface area contributed by atoms with Crippen LogP contribution in [0.3, 0.4) is 0 Å². The zero-order chi connectivity index (χ0) is 12.7. The van der Waals surface area contributed by atoms with Crippen molar-refractivity contribution >= 4 is 23.4 Å². The molecule has 0 unspecified atom stereocenters. The third-order valence-corrected chi connectivity index (χ3v) is 3.31. The maximum Gasteiger partial charge on any atom is 0.134 e. The summed E-state index contributed by atoms with van der Waals surface area (Å²) in [6, 6.07) is 0. The van der Waals surface area contributed by atoms with Gasteiger partial charge in [-0.1, -0.05) is 6.92 Å². The highest BCUT2D eigenvalue weighted by molar-refractivity contribution is 7.98. The van der Waals surface area contributed by atoms with Crippen LogP contribution in [0.2, 0.25) is 0 Å². The lowest BCUT2D eigenvalue weighted by Gasteiger charge is -2.11. The molecule has 0 amide bonds. The first-order valence-corrected chi connectivity index (χ1v) is 7.44. The summed E-state index contributed by atoms with van der Waals surface area (Å²) in [5.41, 5.74) is 6.81. The average Bonchev–Trinajstić information content (AvgIpc) is 2.33. The minimum Gasteiger partial charge on any atom is -0.383 e. The van der Waals surface area contributed by atoms with Crippen molar-refractivity contribution in [2.45, 2.75) is 33.1 Å². The lowest BCUT2D eigenvalue weighted by molar-refractivity contribution is 0.833. The molecule has 0 aliphatic rings. The molecule has 96 valence electrons. The maximum absolute atomic E-state index is 5.85. The fraction of sp³-hybridized carbons (Fsp3) is 0.667. The van der Waals surface area contributed by atoms with Crippen molar-refractivity contribution in [1.29, 1.82) is 0 Å². The molecule has 1 aromatic rings. The van der Waals surface area contributed by atoms with Gasteiger partial charge in [-0.25, -0.2) is 9.97 Å². The van der Waals surface area contributed by atoms with Crippen LogP contribution in [0.25, 0.3) is 0 Å². The normalized spacial score (nSPS) is 10.5. The first kappa shape index (κ1) is 14.1. The predicted octanol–water partition coefficient (Wildman–Crippen LogP) is 2.48. The molecule has 1 rings (SSSR count). The fourth-order valence-corrected chi connectivity index (χ4v) is 1.98. The van der Waals surface area contributed by atoms with Crippen LogP contribution in [-0.2, 0) is 6.42 Å². The topological polar surface area (TPSA) is 63.8 Å². The molecule has 0 radical (unpaired) electrons. The number of thioether (sulfide) groups is 1. The predicted molar refractivity (Wildman–Crippen MR) is 76.7 cm³/mol. The van der Waals surface area contributed by atoms with Crippen LogP contribution >= 0.6 is 11.8 Å². The molecular formula is C12H22N4S. The largest absolute Gasteiger partial charge is 0.383 e. The average molecular weight is 254 g/mol. The molecule has 1 heterocycles. The molecule has 0 saturated heterocycles. The number of hydrogen-bond acceptors (Lipinski definition) is 5. The molecule has 0 saturated carbocycles. The highest BCUT2D eigenvalue weighted by Gasteiger charge is 2.06. The Hall–Kier alpha value is -0.970. The van der Waals surface area contributed by atoms with Crippen molar-refractivity contribution in [3.63, 3.8) is 0 Å². The summed E-state index contributed by atoms with van der Waals surface area (Å²) in [6.45, 7) is 4.94. The Bertz CT molecular complexity index is 355. The van der Waals surface area contributed by atoms with Crippen LogP contribution in [0, 0.1) is 6.92 Å². The van der Waals surface area contributed by atoms with Crippen molar-refractivity contribution in [3.05, 3.63) is 11.4 Å². The molecule has 17 heavy (non-hydrogen) atoms. The van der Waals surface area contributed by atoms with Crippen LogP contribution in [0.4, 0.5) is 11.6 Å². The van der Waals surface area contributed by atoms with E-state index in [1.54, 1.807) is 0 Å². The number of unbranched alkanes of at least 4 members (excludes halogenated alkanes) is 1. The van der Waals surface area contributed by atoms with E-state index in [1.165, 1.54) is 12.2 Å². The Balaban J connectivity index is 2.54. The summed E-state index contributed by atoms with van der Waals surface area (Å²) in [7, 11) is 0. The van der Waals surface area contributed by atoms with E-state index in [2.05, 4.69) is 21.5 Å². The molecule has 1 aromatic heterocycles. The summed E-state index contributed by atoms with van der Waals surface area (Å²) in [5.74, 6) is 3.49. The smallest absolute Gasteiger partial charge is 0.134 e. The van der Waals surface area contributed by atoms with Gasteiger partial charge in [0, 0.05) is 18.5 Å². The standard InChI is InChI=1S/C12H22N4S/c1-4-10-15-11(13)9(2)12(16-10)14-7-5-6-8-17-3/h4-8H2,1-3H3,(H3,13,14,15,16). The minimum absolute atomic E-state index is 0.587. The van der Waals surface area contributed by atoms with Gasteiger partial charge < -0.3 is 11.1 Å². The van der Waals surface area contributed by atoms with Crippen molar-refractivity contribution in [2.75, 3.05) is 29.6 Å². The van der Waals surface area contributed by atoms with Crippen LogP contribution in [0.5, 0.6) is 0 Å². The molecule has 0 aliphatic carbocycles. The van der Waals surface area contributed by atoms with E-state index in [-0.39, 0.29) is 0 Å². The Labute approximate surface area is 108 Å². The second kappa shape index (κ2) is 7.37. The Morgan fingerprint density at radius 3 is 2.71 bits per heavy atom. The van der Waals surface area contributed by atoms with Crippen molar-refractivity contribution in [3.8, 4) is 0 Å². The second-order valence-electron chi connectivity index (χ2n) is 3.98. The molecular weight excluding hydrogens is 232 g/mol. The number of rotatable bonds is 7. The van der Waals surface area contributed by atoms with Crippen LogP contribution in [-0.4, -0.2) is 28.5 Å². The zero-order valence-electron chi connectivity index (χ0n) is 10.9. The lowest BCUT2D eigenvalue weighted by atomic mass is 10.2. The van der Waals surface area contributed by atoms with E-state index in [1.807, 2.05) is 25.6 Å². The molecule has 0 aromatic carbocycles.